The zero-order valence-corrected chi connectivity index (χ0v) is 7.63. The quantitative estimate of drug-likeness (QED) is 0.526. The van der Waals surface area contributed by atoms with Crippen molar-refractivity contribution in [2.45, 2.75) is 13.0 Å². The van der Waals surface area contributed by atoms with Crippen LogP contribution in [0.5, 0.6) is 0 Å². The van der Waals surface area contributed by atoms with Crippen LogP contribution in [0.15, 0.2) is 24.5 Å². The first-order chi connectivity index (χ1) is 6.09. The molecular formula is C9H13NO3. The summed E-state index contributed by atoms with van der Waals surface area (Å²) in [5, 5.41) is 2.53. The maximum atomic E-state index is 10.6. The highest BCUT2D eigenvalue weighted by Gasteiger charge is 2.22. The minimum atomic E-state index is -0.394. The van der Waals surface area contributed by atoms with Gasteiger partial charge in [-0.2, -0.15) is 0 Å². The van der Waals surface area contributed by atoms with Crippen molar-refractivity contribution in [3.05, 3.63) is 24.5 Å². The lowest BCUT2D eigenvalue weighted by Crippen LogP contribution is -2.20. The number of nitrogens with one attached hydrogen (secondary N) is 1. The summed E-state index contributed by atoms with van der Waals surface area (Å²) in [6, 6.07) is 0. The van der Waals surface area contributed by atoms with Crippen LogP contribution in [0.3, 0.4) is 0 Å². The molecule has 0 bridgehead atoms. The largest absolute Gasteiger partial charge is 0.490 e. The Balaban J connectivity index is 2.23. The second kappa shape index (κ2) is 3.98. The number of amides is 1. The average molecular weight is 183 g/mol. The van der Waals surface area contributed by atoms with Crippen molar-refractivity contribution >= 4 is 6.09 Å². The van der Waals surface area contributed by atoms with Gasteiger partial charge in [0.2, 0.25) is 0 Å². The summed E-state index contributed by atoms with van der Waals surface area (Å²) in [7, 11) is 0. The van der Waals surface area contributed by atoms with Crippen molar-refractivity contribution in [1.82, 2.24) is 5.32 Å². The van der Waals surface area contributed by atoms with E-state index in [1.807, 2.05) is 0 Å². The predicted octanol–water partition coefficient (Wildman–Crippen LogP) is 1.20. The number of hydrogen-bond donors (Lipinski definition) is 1. The van der Waals surface area contributed by atoms with E-state index in [9.17, 15) is 4.79 Å². The van der Waals surface area contributed by atoms with E-state index in [-0.39, 0.29) is 6.10 Å². The molecule has 72 valence electrons. The fourth-order valence-electron chi connectivity index (χ4n) is 0.842. The Hall–Kier alpha value is -1.45. The highest BCUT2D eigenvalue weighted by Crippen LogP contribution is 2.08. The number of carbonyl (C=O) groups excluding carboxylic acids is 1. The molecule has 1 aliphatic rings. The number of alkyl carbamates (subject to hydrolysis) is 1. The Kier molecular flexibility index (Phi) is 2.95. The van der Waals surface area contributed by atoms with E-state index in [2.05, 4.69) is 18.5 Å². The SMILES string of the molecule is C=C(C)C(=C)OCC1CNC(=O)O1. The van der Waals surface area contributed by atoms with Gasteiger partial charge in [-0.1, -0.05) is 13.2 Å². The number of rotatable bonds is 4. The van der Waals surface area contributed by atoms with Crippen molar-refractivity contribution in [3.63, 3.8) is 0 Å². The van der Waals surface area contributed by atoms with Crippen molar-refractivity contribution in [2.24, 2.45) is 0 Å². The van der Waals surface area contributed by atoms with E-state index in [0.29, 0.717) is 18.9 Å². The lowest BCUT2D eigenvalue weighted by molar-refractivity contribution is 0.0802. The molecule has 1 aliphatic heterocycles. The summed E-state index contributed by atoms with van der Waals surface area (Å²) < 4.78 is 10.1. The molecule has 0 aliphatic carbocycles. The molecule has 0 aromatic rings. The molecule has 0 aromatic carbocycles. The van der Waals surface area contributed by atoms with Gasteiger partial charge in [-0.05, 0) is 12.5 Å². The summed E-state index contributed by atoms with van der Waals surface area (Å²) in [4.78, 5) is 10.6. The molecule has 0 spiro atoms. The maximum absolute atomic E-state index is 10.6. The van der Waals surface area contributed by atoms with E-state index in [1.54, 1.807) is 6.92 Å². The summed E-state index contributed by atoms with van der Waals surface area (Å²) >= 11 is 0. The molecule has 1 N–H and O–H groups in total. The van der Waals surface area contributed by atoms with E-state index in [1.165, 1.54) is 0 Å². The van der Waals surface area contributed by atoms with E-state index < -0.39 is 6.09 Å². The Labute approximate surface area is 77.2 Å². The summed E-state index contributed by atoms with van der Waals surface area (Å²) in [5.74, 6) is 0.531. The molecule has 0 radical (unpaired) electrons. The number of carbonyl (C=O) groups is 1. The lowest BCUT2D eigenvalue weighted by Gasteiger charge is -2.11. The third-order valence-electron chi connectivity index (χ3n) is 1.67. The van der Waals surface area contributed by atoms with Gasteiger partial charge in [0, 0.05) is 0 Å². The fourth-order valence-corrected chi connectivity index (χ4v) is 0.842. The second-order valence-electron chi connectivity index (χ2n) is 2.92. The first-order valence-corrected chi connectivity index (χ1v) is 4.01. The van der Waals surface area contributed by atoms with Crippen molar-refractivity contribution in [3.8, 4) is 0 Å². The van der Waals surface area contributed by atoms with Crippen molar-refractivity contribution in [2.75, 3.05) is 13.2 Å². The van der Waals surface area contributed by atoms with Gasteiger partial charge >= 0.3 is 6.09 Å². The molecule has 1 amide bonds. The van der Waals surface area contributed by atoms with Gasteiger partial charge in [0.15, 0.2) is 6.10 Å². The van der Waals surface area contributed by atoms with Gasteiger partial charge in [0.25, 0.3) is 0 Å². The Bertz CT molecular complexity index is 247. The standard InChI is InChI=1S/C9H13NO3/c1-6(2)7(3)12-5-8-4-10-9(11)13-8/h8H,1,3-5H2,2H3,(H,10,11). The highest BCUT2D eigenvalue weighted by molar-refractivity contribution is 5.69. The van der Waals surface area contributed by atoms with Gasteiger partial charge in [0.05, 0.1) is 6.54 Å². The fraction of sp³-hybridized carbons (Fsp3) is 0.444. The first-order valence-electron chi connectivity index (χ1n) is 4.01. The van der Waals surface area contributed by atoms with E-state index >= 15 is 0 Å². The first kappa shape index (κ1) is 9.64. The molecule has 0 saturated carbocycles. The Morgan fingerprint density at radius 2 is 2.46 bits per heavy atom. The average Bonchev–Trinajstić information content (AvgIpc) is 2.47. The molecule has 13 heavy (non-hydrogen) atoms. The van der Waals surface area contributed by atoms with Crippen molar-refractivity contribution in [1.29, 1.82) is 0 Å². The highest BCUT2D eigenvalue weighted by atomic mass is 16.6. The third-order valence-corrected chi connectivity index (χ3v) is 1.67. The van der Waals surface area contributed by atoms with Crippen LogP contribution in [0.2, 0.25) is 0 Å². The van der Waals surface area contributed by atoms with Crippen LogP contribution in [-0.2, 0) is 9.47 Å². The minimum absolute atomic E-state index is 0.219. The van der Waals surface area contributed by atoms with Crippen LogP contribution in [0.4, 0.5) is 4.79 Å². The third kappa shape index (κ3) is 2.82. The normalized spacial score (nSPS) is 20.4. The number of allylic oxidation sites excluding steroid dienone is 1. The molecule has 1 rings (SSSR count). The molecule has 1 atom stereocenters. The predicted molar refractivity (Wildman–Crippen MR) is 48.2 cm³/mol. The topological polar surface area (TPSA) is 47.6 Å². The van der Waals surface area contributed by atoms with Crippen LogP contribution >= 0.6 is 0 Å². The Morgan fingerprint density at radius 3 is 2.92 bits per heavy atom. The number of cyclic esters (lactones) is 1. The molecule has 4 nitrogen and oxygen atoms in total. The molecule has 1 saturated heterocycles. The smallest absolute Gasteiger partial charge is 0.407 e. The minimum Gasteiger partial charge on any atom is -0.490 e. The Morgan fingerprint density at radius 1 is 1.77 bits per heavy atom. The summed E-state index contributed by atoms with van der Waals surface area (Å²) in [6.45, 7) is 9.94. The van der Waals surface area contributed by atoms with E-state index in [4.69, 9.17) is 9.47 Å². The molecule has 1 fully saturated rings. The monoisotopic (exact) mass is 183 g/mol. The molecule has 0 aromatic heterocycles. The van der Waals surface area contributed by atoms with Gasteiger partial charge in [0.1, 0.15) is 12.4 Å². The number of hydrogen-bond acceptors (Lipinski definition) is 3. The number of ether oxygens (including phenoxy) is 2. The van der Waals surface area contributed by atoms with E-state index in [0.717, 1.165) is 5.57 Å². The van der Waals surface area contributed by atoms with Crippen LogP contribution in [0.1, 0.15) is 6.92 Å². The van der Waals surface area contributed by atoms with Gasteiger partial charge in [-0.25, -0.2) is 4.79 Å². The molecule has 1 unspecified atom stereocenters. The van der Waals surface area contributed by atoms with Gasteiger partial charge in [-0.15, -0.1) is 0 Å². The molecular weight excluding hydrogens is 170 g/mol. The van der Waals surface area contributed by atoms with Crippen LogP contribution in [0, 0.1) is 0 Å². The van der Waals surface area contributed by atoms with Crippen LogP contribution in [-0.4, -0.2) is 25.3 Å². The lowest BCUT2D eigenvalue weighted by atomic mass is 10.3. The van der Waals surface area contributed by atoms with Crippen molar-refractivity contribution < 1.29 is 14.3 Å². The van der Waals surface area contributed by atoms with Gasteiger partial charge < -0.3 is 14.8 Å². The van der Waals surface area contributed by atoms with Crippen LogP contribution < -0.4 is 5.32 Å². The molecule has 4 heteroatoms. The summed E-state index contributed by atoms with van der Waals surface area (Å²) in [5.41, 5.74) is 0.775. The van der Waals surface area contributed by atoms with Gasteiger partial charge in [-0.3, -0.25) is 0 Å². The summed E-state index contributed by atoms with van der Waals surface area (Å²) in [6.07, 6.45) is -0.613. The zero-order valence-electron chi connectivity index (χ0n) is 7.63. The molecule has 1 heterocycles. The maximum Gasteiger partial charge on any atom is 0.407 e. The zero-order chi connectivity index (χ0) is 9.84. The van der Waals surface area contributed by atoms with Crippen LogP contribution in [0.25, 0.3) is 0 Å². The second-order valence-corrected chi connectivity index (χ2v) is 2.92.